The lowest BCUT2D eigenvalue weighted by Crippen LogP contribution is -2.41. The van der Waals surface area contributed by atoms with E-state index < -0.39 is 11.7 Å². The van der Waals surface area contributed by atoms with Gasteiger partial charge in [0.1, 0.15) is 0 Å². The Hall–Kier alpha value is -2.38. The topological polar surface area (TPSA) is 27.3 Å². The number of alkyl halides is 3. The molecule has 4 rings (SSSR count). The summed E-state index contributed by atoms with van der Waals surface area (Å²) in [6.45, 7) is 1.61. The van der Waals surface area contributed by atoms with E-state index in [2.05, 4.69) is 39.2 Å². The Balaban J connectivity index is 1.51. The molecule has 2 aliphatic heterocycles. The highest BCUT2D eigenvalue weighted by Gasteiger charge is 2.30. The van der Waals surface area contributed by atoms with Gasteiger partial charge in [-0.15, -0.1) is 0 Å². The highest BCUT2D eigenvalue weighted by molar-refractivity contribution is 7.96. The van der Waals surface area contributed by atoms with Gasteiger partial charge in [0.2, 0.25) is 0 Å². The molecule has 0 saturated heterocycles. The maximum atomic E-state index is 12.8. The van der Waals surface area contributed by atoms with Crippen LogP contribution in [0.3, 0.4) is 0 Å². The molecule has 2 aromatic carbocycles. The van der Waals surface area contributed by atoms with E-state index in [0.29, 0.717) is 11.7 Å². The molecule has 2 N–H and O–H groups in total. The monoisotopic (exact) mass is 431 g/mol. The summed E-state index contributed by atoms with van der Waals surface area (Å²) in [5.74, 6) is 0. The van der Waals surface area contributed by atoms with Crippen LogP contribution in [0.25, 0.3) is 0 Å². The second kappa shape index (κ2) is 8.78. The van der Waals surface area contributed by atoms with Gasteiger partial charge in [-0.1, -0.05) is 42.3 Å². The third kappa shape index (κ3) is 4.84. The van der Waals surface area contributed by atoms with Crippen LogP contribution in [0.2, 0.25) is 0 Å². The SMILES string of the molecule is CSN1C=C(Nc2ccc(C(F)(F)F)cc2)C2=C(CC(Cc3ccccc3)NC2)C1. The van der Waals surface area contributed by atoms with Gasteiger partial charge >= 0.3 is 6.18 Å². The van der Waals surface area contributed by atoms with Crippen LogP contribution in [0.15, 0.2) is 77.6 Å². The fourth-order valence-corrected chi connectivity index (χ4v) is 4.43. The van der Waals surface area contributed by atoms with Crippen LogP contribution in [0.1, 0.15) is 17.5 Å². The van der Waals surface area contributed by atoms with Crippen LogP contribution >= 0.6 is 11.9 Å². The third-order valence-corrected chi connectivity index (χ3v) is 6.19. The number of anilines is 1. The van der Waals surface area contributed by atoms with E-state index in [1.165, 1.54) is 28.8 Å². The molecule has 0 saturated carbocycles. The van der Waals surface area contributed by atoms with E-state index in [0.717, 1.165) is 43.8 Å². The van der Waals surface area contributed by atoms with E-state index >= 15 is 0 Å². The van der Waals surface area contributed by atoms with Crippen molar-refractivity contribution in [3.63, 3.8) is 0 Å². The van der Waals surface area contributed by atoms with Gasteiger partial charge in [0.15, 0.2) is 0 Å². The first-order valence-electron chi connectivity index (χ1n) is 9.88. The number of hydrogen-bond donors (Lipinski definition) is 2. The van der Waals surface area contributed by atoms with E-state index in [-0.39, 0.29) is 0 Å². The van der Waals surface area contributed by atoms with Crippen LogP contribution in [-0.4, -0.2) is 29.7 Å². The summed E-state index contributed by atoms with van der Waals surface area (Å²) < 4.78 is 40.7. The zero-order chi connectivity index (χ0) is 21.1. The van der Waals surface area contributed by atoms with Gasteiger partial charge in [0.05, 0.1) is 17.8 Å². The summed E-state index contributed by atoms with van der Waals surface area (Å²) >= 11 is 1.64. The summed E-state index contributed by atoms with van der Waals surface area (Å²) in [4.78, 5) is 0. The molecule has 2 aliphatic rings. The second-order valence-corrected chi connectivity index (χ2v) is 8.39. The van der Waals surface area contributed by atoms with Crippen molar-refractivity contribution in [2.75, 3.05) is 24.7 Å². The molecule has 158 valence electrons. The average Bonchev–Trinajstić information content (AvgIpc) is 2.74. The van der Waals surface area contributed by atoms with Crippen molar-refractivity contribution in [3.8, 4) is 0 Å². The average molecular weight is 432 g/mol. The normalized spacial score (nSPS) is 19.4. The fraction of sp³-hybridized carbons (Fsp3) is 0.304. The Morgan fingerprint density at radius 2 is 1.83 bits per heavy atom. The molecule has 0 fully saturated rings. The minimum Gasteiger partial charge on any atom is -0.354 e. The lowest BCUT2D eigenvalue weighted by atomic mass is 9.89. The Morgan fingerprint density at radius 3 is 2.50 bits per heavy atom. The van der Waals surface area contributed by atoms with E-state index in [1.54, 1.807) is 11.9 Å². The number of halogens is 3. The minimum absolute atomic E-state index is 0.375. The van der Waals surface area contributed by atoms with Gasteiger partial charge in [-0.3, -0.25) is 0 Å². The maximum absolute atomic E-state index is 12.8. The number of nitrogens with one attached hydrogen (secondary N) is 2. The van der Waals surface area contributed by atoms with Crippen molar-refractivity contribution in [1.82, 2.24) is 9.62 Å². The second-order valence-electron chi connectivity index (χ2n) is 7.55. The van der Waals surface area contributed by atoms with Crippen LogP contribution in [0.4, 0.5) is 18.9 Å². The van der Waals surface area contributed by atoms with Crippen LogP contribution < -0.4 is 10.6 Å². The van der Waals surface area contributed by atoms with Crippen molar-refractivity contribution < 1.29 is 13.2 Å². The standard InChI is InChI=1S/C23H24F3N3S/c1-30-29-14-17-12-20(11-16-5-3-2-4-6-16)27-13-21(17)22(15-29)28-19-9-7-18(8-10-19)23(24,25)26/h2-10,15,20,27-28H,11-14H2,1H3. The van der Waals surface area contributed by atoms with Gasteiger partial charge in [-0.2, -0.15) is 13.2 Å². The van der Waals surface area contributed by atoms with Crippen molar-refractivity contribution in [2.45, 2.75) is 25.1 Å². The number of benzene rings is 2. The molecule has 0 radical (unpaired) electrons. The molecule has 0 aromatic heterocycles. The van der Waals surface area contributed by atoms with Gasteiger partial charge in [-0.25, -0.2) is 0 Å². The molecule has 0 amide bonds. The number of hydrogen-bond acceptors (Lipinski definition) is 4. The smallest absolute Gasteiger partial charge is 0.354 e. The van der Waals surface area contributed by atoms with E-state index in [4.69, 9.17) is 0 Å². The van der Waals surface area contributed by atoms with Crippen molar-refractivity contribution in [3.05, 3.63) is 88.8 Å². The van der Waals surface area contributed by atoms with Gasteiger partial charge in [0.25, 0.3) is 0 Å². The minimum atomic E-state index is -4.32. The third-order valence-electron chi connectivity index (χ3n) is 5.48. The van der Waals surface area contributed by atoms with Crippen LogP contribution in [0, 0.1) is 0 Å². The summed E-state index contributed by atoms with van der Waals surface area (Å²) in [5.41, 5.74) is 4.85. The van der Waals surface area contributed by atoms with Gasteiger partial charge in [0, 0.05) is 30.7 Å². The molecule has 0 spiro atoms. The molecular formula is C23H24F3N3S. The lowest BCUT2D eigenvalue weighted by molar-refractivity contribution is -0.137. The number of nitrogens with zero attached hydrogens (tertiary/aromatic N) is 1. The molecule has 30 heavy (non-hydrogen) atoms. The fourth-order valence-electron chi connectivity index (χ4n) is 3.93. The zero-order valence-electron chi connectivity index (χ0n) is 16.7. The first-order chi connectivity index (χ1) is 14.4. The summed E-state index contributed by atoms with van der Waals surface area (Å²) in [6.07, 6.45) is 1.67. The largest absolute Gasteiger partial charge is 0.416 e. The molecule has 1 unspecified atom stereocenters. The summed E-state index contributed by atoms with van der Waals surface area (Å²) in [6, 6.07) is 16.0. The van der Waals surface area contributed by atoms with E-state index in [1.807, 2.05) is 18.5 Å². The Kier molecular flexibility index (Phi) is 6.11. The predicted molar refractivity (Wildman–Crippen MR) is 117 cm³/mol. The molecule has 0 aliphatic carbocycles. The maximum Gasteiger partial charge on any atom is 0.416 e. The van der Waals surface area contributed by atoms with Gasteiger partial charge < -0.3 is 14.9 Å². The Labute approximate surface area is 179 Å². The summed E-state index contributed by atoms with van der Waals surface area (Å²) in [7, 11) is 0. The molecule has 0 bridgehead atoms. The Morgan fingerprint density at radius 1 is 1.10 bits per heavy atom. The van der Waals surface area contributed by atoms with E-state index in [9.17, 15) is 13.2 Å². The van der Waals surface area contributed by atoms with Gasteiger partial charge in [-0.05, 0) is 53.8 Å². The van der Waals surface area contributed by atoms with Crippen molar-refractivity contribution in [2.24, 2.45) is 0 Å². The van der Waals surface area contributed by atoms with Crippen molar-refractivity contribution in [1.29, 1.82) is 0 Å². The quantitative estimate of drug-likeness (QED) is 0.616. The zero-order valence-corrected chi connectivity index (χ0v) is 17.5. The Bertz CT molecular complexity index is 936. The first kappa shape index (κ1) is 20.9. The first-order valence-corrected chi connectivity index (χ1v) is 11.1. The molecule has 3 nitrogen and oxygen atoms in total. The highest BCUT2D eigenvalue weighted by Crippen LogP contribution is 2.33. The lowest BCUT2D eigenvalue weighted by Gasteiger charge is -2.36. The molecule has 2 heterocycles. The van der Waals surface area contributed by atoms with Crippen LogP contribution in [0.5, 0.6) is 0 Å². The molecular weight excluding hydrogens is 407 g/mol. The predicted octanol–water partition coefficient (Wildman–Crippen LogP) is 5.45. The van der Waals surface area contributed by atoms with Crippen LogP contribution in [-0.2, 0) is 12.6 Å². The molecule has 1 atom stereocenters. The molecule has 2 aromatic rings. The summed E-state index contributed by atoms with van der Waals surface area (Å²) in [5, 5.41) is 6.96. The van der Waals surface area contributed by atoms with Crippen molar-refractivity contribution >= 4 is 17.6 Å². The number of rotatable bonds is 5. The molecule has 7 heteroatoms. The highest BCUT2D eigenvalue weighted by atomic mass is 32.2.